The molecular formula is C13H6N6OS. The Labute approximate surface area is 124 Å². The maximum absolute atomic E-state index is 8.98. The maximum atomic E-state index is 8.98. The van der Waals surface area contributed by atoms with Gasteiger partial charge in [-0.25, -0.2) is 0 Å². The van der Waals surface area contributed by atoms with Crippen molar-refractivity contribution >= 4 is 17.0 Å². The number of nitrogens with one attached hydrogen (secondary N) is 1. The van der Waals surface area contributed by atoms with Gasteiger partial charge >= 0.3 is 0 Å². The van der Waals surface area contributed by atoms with Crippen LogP contribution in [0.25, 0.3) is 0 Å². The van der Waals surface area contributed by atoms with E-state index in [9.17, 15) is 0 Å². The molecule has 0 bridgehead atoms. The number of anilines is 1. The smallest absolute Gasteiger partial charge is 0.299 e. The molecule has 1 aromatic carbocycles. The molecule has 0 unspecified atom stereocenters. The van der Waals surface area contributed by atoms with Crippen LogP contribution in [0.15, 0.2) is 41.0 Å². The number of ether oxygens (including phenoxy) is 1. The molecule has 0 radical (unpaired) electrons. The lowest BCUT2D eigenvalue weighted by atomic mass is 10.2. The molecule has 0 aliphatic rings. The van der Waals surface area contributed by atoms with Crippen LogP contribution in [-0.4, -0.2) is 10.2 Å². The summed E-state index contributed by atoms with van der Waals surface area (Å²) in [7, 11) is 0. The fourth-order valence-corrected chi connectivity index (χ4v) is 1.80. The van der Waals surface area contributed by atoms with Crippen LogP contribution in [0.2, 0.25) is 0 Å². The van der Waals surface area contributed by atoms with Gasteiger partial charge in [-0.05, 0) is 12.1 Å². The molecule has 1 aromatic heterocycles. The Morgan fingerprint density at radius 2 is 2.00 bits per heavy atom. The zero-order chi connectivity index (χ0) is 15.1. The first-order valence-electron chi connectivity index (χ1n) is 5.52. The summed E-state index contributed by atoms with van der Waals surface area (Å²) < 4.78 is 5.46. The van der Waals surface area contributed by atoms with E-state index in [0.29, 0.717) is 16.6 Å². The lowest BCUT2D eigenvalue weighted by molar-refractivity contribution is 0.473. The Hall–Kier alpha value is -3.41. The molecule has 0 fully saturated rings. The Balaban J connectivity index is 2.23. The minimum atomic E-state index is -0.284. The van der Waals surface area contributed by atoms with Crippen molar-refractivity contribution in [2.24, 2.45) is 0 Å². The van der Waals surface area contributed by atoms with Gasteiger partial charge in [-0.1, -0.05) is 22.5 Å². The fraction of sp³-hybridized carbons (Fsp3) is 0. The summed E-state index contributed by atoms with van der Waals surface area (Å²) in [5, 5.41) is 37.0. The SMILES string of the molecule is N#CC(C#N)=C(C#N)Nc1cccc(Oc2nncs2)c1. The molecule has 0 atom stereocenters. The summed E-state index contributed by atoms with van der Waals surface area (Å²) in [6, 6.07) is 11.8. The summed E-state index contributed by atoms with van der Waals surface area (Å²) in [5.41, 5.74) is 1.65. The highest BCUT2D eigenvalue weighted by Crippen LogP contribution is 2.25. The molecule has 100 valence electrons. The number of nitriles is 3. The van der Waals surface area contributed by atoms with E-state index in [1.54, 1.807) is 48.0 Å². The highest BCUT2D eigenvalue weighted by atomic mass is 32.1. The van der Waals surface area contributed by atoms with E-state index in [-0.39, 0.29) is 11.3 Å². The molecule has 0 aliphatic heterocycles. The molecule has 0 amide bonds. The second-order valence-corrected chi connectivity index (χ2v) is 4.34. The Morgan fingerprint density at radius 3 is 2.62 bits per heavy atom. The summed E-state index contributed by atoms with van der Waals surface area (Å²) in [6.45, 7) is 0. The summed E-state index contributed by atoms with van der Waals surface area (Å²) in [5.74, 6) is 0.490. The third-order valence-electron chi connectivity index (χ3n) is 2.23. The quantitative estimate of drug-likeness (QED) is 0.860. The first-order valence-corrected chi connectivity index (χ1v) is 6.40. The molecule has 0 aliphatic carbocycles. The fourth-order valence-electron chi connectivity index (χ4n) is 1.37. The maximum Gasteiger partial charge on any atom is 0.299 e. The van der Waals surface area contributed by atoms with E-state index >= 15 is 0 Å². The molecule has 7 nitrogen and oxygen atoms in total. The zero-order valence-electron chi connectivity index (χ0n) is 10.4. The van der Waals surface area contributed by atoms with Crippen LogP contribution in [0, 0.1) is 34.0 Å². The van der Waals surface area contributed by atoms with E-state index in [2.05, 4.69) is 15.5 Å². The minimum Gasteiger partial charge on any atom is -0.430 e. The molecule has 8 heteroatoms. The van der Waals surface area contributed by atoms with Crippen molar-refractivity contribution in [1.82, 2.24) is 10.2 Å². The second-order valence-electron chi connectivity index (χ2n) is 3.54. The van der Waals surface area contributed by atoms with Gasteiger partial charge in [-0.2, -0.15) is 15.8 Å². The lowest BCUT2D eigenvalue weighted by Gasteiger charge is -2.06. The Bertz CT molecular complexity index is 775. The molecule has 0 saturated heterocycles. The number of aromatic nitrogens is 2. The third-order valence-corrected chi connectivity index (χ3v) is 2.80. The summed E-state index contributed by atoms with van der Waals surface area (Å²) in [6.07, 6.45) is 0. The molecule has 1 N–H and O–H groups in total. The van der Waals surface area contributed by atoms with Crippen LogP contribution < -0.4 is 10.1 Å². The van der Waals surface area contributed by atoms with Crippen molar-refractivity contribution < 1.29 is 4.74 Å². The lowest BCUT2D eigenvalue weighted by Crippen LogP contribution is -2.00. The van der Waals surface area contributed by atoms with Crippen molar-refractivity contribution in [2.45, 2.75) is 0 Å². The van der Waals surface area contributed by atoms with Crippen LogP contribution in [0.4, 0.5) is 5.69 Å². The van der Waals surface area contributed by atoms with Crippen molar-refractivity contribution in [2.75, 3.05) is 5.32 Å². The molecule has 21 heavy (non-hydrogen) atoms. The number of hydrogen-bond donors (Lipinski definition) is 1. The normalized spacial score (nSPS) is 8.81. The van der Waals surface area contributed by atoms with Gasteiger partial charge in [-0.3, -0.25) is 0 Å². The number of rotatable bonds is 4. The minimum absolute atomic E-state index is 0.118. The van der Waals surface area contributed by atoms with Gasteiger partial charge in [0.05, 0.1) is 0 Å². The number of nitrogens with zero attached hydrogens (tertiary/aromatic N) is 5. The number of hydrogen-bond acceptors (Lipinski definition) is 8. The first kappa shape index (κ1) is 14.0. The van der Waals surface area contributed by atoms with Gasteiger partial charge in [0.2, 0.25) is 0 Å². The standard InChI is InChI=1S/C13H6N6OS/c14-5-9(6-15)12(7-16)18-10-2-1-3-11(4-10)20-13-19-17-8-21-13/h1-4,8,18H. The van der Waals surface area contributed by atoms with Gasteiger partial charge in [0.15, 0.2) is 5.57 Å². The summed E-state index contributed by atoms with van der Waals surface area (Å²) in [4.78, 5) is 0. The van der Waals surface area contributed by atoms with Crippen molar-refractivity contribution in [3.8, 4) is 29.2 Å². The van der Waals surface area contributed by atoms with Gasteiger partial charge in [0, 0.05) is 11.8 Å². The molecule has 0 spiro atoms. The number of benzene rings is 1. The van der Waals surface area contributed by atoms with Gasteiger partial charge in [0.1, 0.15) is 35.2 Å². The zero-order valence-corrected chi connectivity index (χ0v) is 11.3. The Morgan fingerprint density at radius 1 is 1.19 bits per heavy atom. The molecule has 2 rings (SSSR count). The van der Waals surface area contributed by atoms with Gasteiger partial charge in [0.25, 0.3) is 5.19 Å². The van der Waals surface area contributed by atoms with Crippen LogP contribution in [0.3, 0.4) is 0 Å². The van der Waals surface area contributed by atoms with E-state index in [4.69, 9.17) is 20.5 Å². The van der Waals surface area contributed by atoms with Crippen LogP contribution in [0.5, 0.6) is 10.9 Å². The first-order chi connectivity index (χ1) is 10.3. The van der Waals surface area contributed by atoms with E-state index in [0.717, 1.165) is 0 Å². The van der Waals surface area contributed by atoms with Crippen LogP contribution in [-0.2, 0) is 0 Å². The predicted octanol–water partition coefficient (Wildman–Crippen LogP) is 2.57. The molecule has 0 saturated carbocycles. The van der Waals surface area contributed by atoms with Gasteiger partial charge < -0.3 is 10.1 Å². The second kappa shape index (κ2) is 6.67. The van der Waals surface area contributed by atoms with Crippen LogP contribution in [0.1, 0.15) is 0 Å². The predicted molar refractivity (Wildman–Crippen MR) is 73.9 cm³/mol. The van der Waals surface area contributed by atoms with E-state index in [1.165, 1.54) is 11.3 Å². The summed E-state index contributed by atoms with van der Waals surface area (Å²) >= 11 is 1.24. The van der Waals surface area contributed by atoms with E-state index < -0.39 is 0 Å². The highest BCUT2D eigenvalue weighted by molar-refractivity contribution is 7.11. The van der Waals surface area contributed by atoms with E-state index in [1.807, 2.05) is 0 Å². The molecular weight excluding hydrogens is 288 g/mol. The average molecular weight is 294 g/mol. The molecule has 2 aromatic rings. The molecule has 1 heterocycles. The Kier molecular flexibility index (Phi) is 4.45. The third kappa shape index (κ3) is 3.54. The van der Waals surface area contributed by atoms with Crippen LogP contribution >= 0.6 is 11.3 Å². The van der Waals surface area contributed by atoms with Gasteiger partial charge in [-0.15, -0.1) is 5.10 Å². The topological polar surface area (TPSA) is 118 Å². The van der Waals surface area contributed by atoms with Crippen molar-refractivity contribution in [3.63, 3.8) is 0 Å². The largest absolute Gasteiger partial charge is 0.430 e. The van der Waals surface area contributed by atoms with Crippen molar-refractivity contribution in [1.29, 1.82) is 15.8 Å². The monoisotopic (exact) mass is 294 g/mol. The van der Waals surface area contributed by atoms with Crippen molar-refractivity contribution in [3.05, 3.63) is 41.0 Å². The average Bonchev–Trinajstić information content (AvgIpc) is 3.00. The number of allylic oxidation sites excluding steroid dienone is 2. The highest BCUT2D eigenvalue weighted by Gasteiger charge is 2.07.